The minimum absolute atomic E-state index is 0.0167. The van der Waals surface area contributed by atoms with Gasteiger partial charge in [-0.25, -0.2) is 8.42 Å². The average Bonchev–Trinajstić information content (AvgIpc) is 3.17. The van der Waals surface area contributed by atoms with Gasteiger partial charge < -0.3 is 14.4 Å². The van der Waals surface area contributed by atoms with Crippen molar-refractivity contribution in [3.63, 3.8) is 0 Å². The quantitative estimate of drug-likeness (QED) is 0.460. The Morgan fingerprint density at radius 1 is 0.969 bits per heavy atom. The van der Waals surface area contributed by atoms with Crippen LogP contribution in [-0.4, -0.2) is 39.6 Å². The van der Waals surface area contributed by atoms with Crippen molar-refractivity contribution in [2.45, 2.75) is 17.4 Å². The van der Waals surface area contributed by atoms with E-state index in [1.807, 2.05) is 7.05 Å². The standard InChI is InChI=1S/C23H22Cl2N2O4S/c1-27-12-11-18(15-27)31-23-13-16(9-10-21(23)25)26-32(28,29)19-6-4-5-17(14-19)30-22-8-3-2-7-20(22)24/h2-10,13-14,18,26H,11-12,15H2,1H3. The second-order valence-corrected chi connectivity index (χ2v) is 10.0. The molecule has 4 rings (SSSR count). The molecule has 1 atom stereocenters. The zero-order valence-electron chi connectivity index (χ0n) is 17.3. The van der Waals surface area contributed by atoms with Gasteiger partial charge in [-0.1, -0.05) is 41.4 Å². The number of ether oxygens (including phenoxy) is 2. The van der Waals surface area contributed by atoms with E-state index in [0.717, 1.165) is 19.5 Å². The normalized spacial score (nSPS) is 16.7. The number of sulfonamides is 1. The Kier molecular flexibility index (Phi) is 6.81. The molecular weight excluding hydrogens is 471 g/mol. The van der Waals surface area contributed by atoms with Gasteiger partial charge in [0, 0.05) is 25.2 Å². The molecule has 0 saturated carbocycles. The maximum absolute atomic E-state index is 13.0. The highest BCUT2D eigenvalue weighted by Gasteiger charge is 2.22. The molecule has 1 aliphatic rings. The molecule has 1 saturated heterocycles. The van der Waals surface area contributed by atoms with E-state index in [1.165, 1.54) is 12.1 Å². The SMILES string of the molecule is CN1CCC(Oc2cc(NS(=O)(=O)c3cccc(Oc4ccccc4Cl)c3)ccc2Cl)C1. The summed E-state index contributed by atoms with van der Waals surface area (Å²) >= 11 is 12.4. The van der Waals surface area contributed by atoms with Crippen molar-refractivity contribution >= 4 is 38.9 Å². The lowest BCUT2D eigenvalue weighted by Gasteiger charge is -2.16. The third kappa shape index (κ3) is 5.48. The number of hydrogen-bond acceptors (Lipinski definition) is 5. The van der Waals surface area contributed by atoms with Crippen LogP contribution in [0.3, 0.4) is 0 Å². The van der Waals surface area contributed by atoms with Crippen LogP contribution in [0.15, 0.2) is 71.6 Å². The molecule has 0 aliphatic carbocycles. The number of halogens is 2. The summed E-state index contributed by atoms with van der Waals surface area (Å²) in [6.07, 6.45) is 0.907. The lowest BCUT2D eigenvalue weighted by Crippen LogP contribution is -2.21. The monoisotopic (exact) mass is 492 g/mol. The minimum Gasteiger partial charge on any atom is -0.487 e. The molecule has 6 nitrogen and oxygen atoms in total. The van der Waals surface area contributed by atoms with Crippen LogP contribution in [0.1, 0.15) is 6.42 Å². The predicted molar refractivity (Wildman–Crippen MR) is 127 cm³/mol. The van der Waals surface area contributed by atoms with Crippen LogP contribution < -0.4 is 14.2 Å². The van der Waals surface area contributed by atoms with E-state index in [-0.39, 0.29) is 11.0 Å². The molecule has 0 radical (unpaired) electrons. The Labute approximate surface area is 197 Å². The number of likely N-dealkylation sites (N-methyl/N-ethyl adjacent to an activating group) is 1. The van der Waals surface area contributed by atoms with Gasteiger partial charge in [-0.15, -0.1) is 0 Å². The first-order valence-electron chi connectivity index (χ1n) is 10.0. The number of hydrogen-bond donors (Lipinski definition) is 1. The summed E-state index contributed by atoms with van der Waals surface area (Å²) in [5, 5.41) is 0.860. The number of para-hydroxylation sites is 1. The molecule has 3 aromatic rings. The predicted octanol–water partition coefficient (Wildman–Crippen LogP) is 5.67. The van der Waals surface area contributed by atoms with E-state index >= 15 is 0 Å². The van der Waals surface area contributed by atoms with Crippen LogP contribution >= 0.6 is 23.2 Å². The van der Waals surface area contributed by atoms with E-state index in [2.05, 4.69) is 9.62 Å². The number of benzene rings is 3. The summed E-state index contributed by atoms with van der Waals surface area (Å²) in [7, 11) is -1.85. The van der Waals surface area contributed by atoms with Crippen molar-refractivity contribution in [1.29, 1.82) is 0 Å². The van der Waals surface area contributed by atoms with E-state index in [0.29, 0.717) is 33.0 Å². The molecule has 1 fully saturated rings. The van der Waals surface area contributed by atoms with Crippen LogP contribution in [0.5, 0.6) is 17.2 Å². The van der Waals surface area contributed by atoms with Crippen LogP contribution in [-0.2, 0) is 10.0 Å². The number of nitrogens with one attached hydrogen (secondary N) is 1. The summed E-state index contributed by atoms with van der Waals surface area (Å²) in [5.41, 5.74) is 0.355. The summed E-state index contributed by atoms with van der Waals surface area (Å²) in [6, 6.07) is 18.0. The molecule has 0 bridgehead atoms. The average molecular weight is 493 g/mol. The third-order valence-corrected chi connectivity index (χ3v) is 7.01. The fourth-order valence-corrected chi connectivity index (χ4v) is 4.82. The fraction of sp³-hybridized carbons (Fsp3) is 0.217. The largest absolute Gasteiger partial charge is 0.487 e. The molecule has 168 valence electrons. The Morgan fingerprint density at radius 2 is 1.75 bits per heavy atom. The highest BCUT2D eigenvalue weighted by Crippen LogP contribution is 2.32. The van der Waals surface area contributed by atoms with Crippen molar-refractivity contribution < 1.29 is 17.9 Å². The minimum atomic E-state index is -3.87. The van der Waals surface area contributed by atoms with Crippen molar-refractivity contribution in [1.82, 2.24) is 4.90 Å². The van der Waals surface area contributed by atoms with Crippen molar-refractivity contribution in [3.8, 4) is 17.2 Å². The highest BCUT2D eigenvalue weighted by molar-refractivity contribution is 7.92. The molecule has 0 aromatic heterocycles. The van der Waals surface area contributed by atoms with Crippen molar-refractivity contribution in [3.05, 3.63) is 76.8 Å². The zero-order chi connectivity index (χ0) is 22.7. The van der Waals surface area contributed by atoms with Gasteiger partial charge in [0.15, 0.2) is 0 Å². The molecule has 1 N–H and O–H groups in total. The van der Waals surface area contributed by atoms with Gasteiger partial charge >= 0.3 is 0 Å². The van der Waals surface area contributed by atoms with Gasteiger partial charge in [0.2, 0.25) is 0 Å². The maximum atomic E-state index is 13.0. The maximum Gasteiger partial charge on any atom is 0.262 e. The van der Waals surface area contributed by atoms with E-state index in [4.69, 9.17) is 32.7 Å². The Balaban J connectivity index is 1.52. The number of nitrogens with zero attached hydrogens (tertiary/aromatic N) is 1. The van der Waals surface area contributed by atoms with Gasteiger partial charge in [-0.05, 0) is 49.9 Å². The third-order valence-electron chi connectivity index (χ3n) is 5.01. The Hall–Kier alpha value is -2.45. The molecule has 9 heteroatoms. The molecule has 3 aromatic carbocycles. The van der Waals surface area contributed by atoms with Crippen LogP contribution in [0, 0.1) is 0 Å². The van der Waals surface area contributed by atoms with Crippen LogP contribution in [0.4, 0.5) is 5.69 Å². The highest BCUT2D eigenvalue weighted by atomic mass is 35.5. The fourth-order valence-electron chi connectivity index (χ4n) is 3.40. The topological polar surface area (TPSA) is 67.9 Å². The summed E-state index contributed by atoms with van der Waals surface area (Å²) in [4.78, 5) is 2.22. The molecule has 32 heavy (non-hydrogen) atoms. The second-order valence-electron chi connectivity index (χ2n) is 7.55. The first-order chi connectivity index (χ1) is 15.3. The summed E-state index contributed by atoms with van der Waals surface area (Å²) in [6.45, 7) is 1.74. The van der Waals surface area contributed by atoms with Crippen molar-refractivity contribution in [2.75, 3.05) is 24.9 Å². The van der Waals surface area contributed by atoms with Crippen molar-refractivity contribution in [2.24, 2.45) is 0 Å². The molecule has 1 aliphatic heterocycles. The van der Waals surface area contributed by atoms with Gasteiger partial charge in [0.25, 0.3) is 10.0 Å². The van der Waals surface area contributed by atoms with Gasteiger partial charge in [-0.3, -0.25) is 4.72 Å². The number of rotatable bonds is 7. The smallest absolute Gasteiger partial charge is 0.262 e. The van der Waals surface area contributed by atoms with Crippen LogP contribution in [0.25, 0.3) is 0 Å². The van der Waals surface area contributed by atoms with Gasteiger partial charge in [0.05, 0.1) is 20.6 Å². The number of likely N-dealkylation sites (tertiary alicyclic amines) is 1. The Bertz CT molecular complexity index is 1220. The molecule has 1 unspecified atom stereocenters. The molecule has 0 spiro atoms. The lowest BCUT2D eigenvalue weighted by atomic mass is 10.3. The lowest BCUT2D eigenvalue weighted by molar-refractivity contribution is 0.208. The van der Waals surface area contributed by atoms with E-state index < -0.39 is 10.0 Å². The zero-order valence-corrected chi connectivity index (χ0v) is 19.6. The second kappa shape index (κ2) is 9.58. The first-order valence-corrected chi connectivity index (χ1v) is 12.2. The molecule has 1 heterocycles. The van der Waals surface area contributed by atoms with Crippen LogP contribution in [0.2, 0.25) is 10.0 Å². The molecular formula is C23H22Cl2N2O4S. The summed E-state index contributed by atoms with van der Waals surface area (Å²) in [5.74, 6) is 1.24. The van der Waals surface area contributed by atoms with Gasteiger partial charge in [-0.2, -0.15) is 0 Å². The van der Waals surface area contributed by atoms with Gasteiger partial charge in [0.1, 0.15) is 23.4 Å². The molecule has 0 amide bonds. The Morgan fingerprint density at radius 3 is 2.50 bits per heavy atom. The summed E-state index contributed by atoms with van der Waals surface area (Å²) < 4.78 is 40.3. The first kappa shape index (κ1) is 22.7. The number of anilines is 1. The van der Waals surface area contributed by atoms with E-state index in [9.17, 15) is 8.42 Å². The van der Waals surface area contributed by atoms with E-state index in [1.54, 1.807) is 54.6 Å².